The first-order valence-electron chi connectivity index (χ1n) is 13.7. The molecule has 0 unspecified atom stereocenters. The second kappa shape index (κ2) is 14.1. The van der Waals surface area contributed by atoms with E-state index >= 15 is 0 Å². The van der Waals surface area contributed by atoms with Gasteiger partial charge in [-0.1, -0.05) is 54.9 Å². The number of rotatable bonds is 9. The van der Waals surface area contributed by atoms with Gasteiger partial charge in [-0.25, -0.2) is 0 Å². The maximum Gasteiger partial charge on any atom is 0.374 e. The normalized spacial score (nSPS) is 14.0. The van der Waals surface area contributed by atoms with Crippen molar-refractivity contribution >= 4 is 34.5 Å². The molecule has 5 rings (SSSR count). The van der Waals surface area contributed by atoms with Gasteiger partial charge in [0.2, 0.25) is 11.5 Å². The number of ether oxygens (including phenoxy) is 1. The Morgan fingerprint density at radius 1 is 0.951 bits per heavy atom. The summed E-state index contributed by atoms with van der Waals surface area (Å²) in [6.07, 6.45) is 6.17. The summed E-state index contributed by atoms with van der Waals surface area (Å²) in [5, 5.41) is 0.704. The van der Waals surface area contributed by atoms with Crippen LogP contribution in [-0.2, 0) is 6.54 Å². The Morgan fingerprint density at radius 2 is 1.71 bits per heavy atom. The van der Waals surface area contributed by atoms with Crippen molar-refractivity contribution in [3.05, 3.63) is 95.2 Å². The molecule has 0 aliphatic carbocycles. The molecule has 0 fully saturated rings. The van der Waals surface area contributed by atoms with Crippen molar-refractivity contribution in [2.24, 2.45) is 0 Å². The van der Waals surface area contributed by atoms with Crippen molar-refractivity contribution in [1.82, 2.24) is 0 Å². The molecule has 41 heavy (non-hydrogen) atoms. The third-order valence-corrected chi connectivity index (χ3v) is 7.32. The minimum absolute atomic E-state index is 0. The smallest absolute Gasteiger partial charge is 0.374 e. The summed E-state index contributed by atoms with van der Waals surface area (Å²) in [5.41, 5.74) is 6.52. The average molecular weight is 704 g/mol. The fourth-order valence-electron chi connectivity index (χ4n) is 5.02. The molecule has 4 aromatic rings. The number of fused-ring (bicyclic) bond motifs is 2. The van der Waals surface area contributed by atoms with Gasteiger partial charge < -0.3 is 52.5 Å². The SMILES string of the molecule is CCC(=Cc1oc2ccc(-c3ccccc3)cc2[n+]1CCC[N+](C)(C)C)C=C1Oc2ccc(Cl)cc2N1CC.[Br-].[Br-]. The Hall–Kier alpha value is -2.58. The average Bonchev–Trinajstić information content (AvgIpc) is 3.44. The molecule has 0 N–H and O–H groups in total. The van der Waals surface area contributed by atoms with E-state index in [1.807, 2.05) is 18.2 Å². The fraction of sp³-hybridized carbons (Fsp3) is 0.303. The van der Waals surface area contributed by atoms with Gasteiger partial charge in [-0.3, -0.25) is 0 Å². The molecule has 0 spiro atoms. The zero-order valence-corrected chi connectivity index (χ0v) is 28.3. The number of quaternary nitrogens is 1. The van der Waals surface area contributed by atoms with E-state index in [1.54, 1.807) is 0 Å². The number of halogens is 3. The van der Waals surface area contributed by atoms with E-state index in [2.05, 4.69) is 105 Å². The van der Waals surface area contributed by atoms with Crippen LogP contribution in [0.25, 0.3) is 28.3 Å². The Balaban J connectivity index is 0.00000231. The van der Waals surface area contributed by atoms with Crippen LogP contribution < -0.4 is 48.2 Å². The molecule has 5 nitrogen and oxygen atoms in total. The van der Waals surface area contributed by atoms with E-state index in [-0.39, 0.29) is 34.0 Å². The fourth-order valence-corrected chi connectivity index (χ4v) is 5.19. The van der Waals surface area contributed by atoms with Crippen LogP contribution in [-0.4, -0.2) is 38.7 Å². The lowest BCUT2D eigenvalue weighted by Gasteiger charge is -2.22. The van der Waals surface area contributed by atoms with Crippen LogP contribution in [0, 0.1) is 0 Å². The Bertz CT molecular complexity index is 1540. The molecule has 0 atom stereocenters. The van der Waals surface area contributed by atoms with Gasteiger partial charge in [0.25, 0.3) is 5.52 Å². The summed E-state index contributed by atoms with van der Waals surface area (Å²) in [6, 6.07) is 22.8. The van der Waals surface area contributed by atoms with Gasteiger partial charge in [0, 0.05) is 23.7 Å². The first kappa shape index (κ1) is 32.9. The number of aromatic nitrogens is 1. The number of hydrogen-bond acceptors (Lipinski definition) is 3. The third kappa shape index (κ3) is 7.63. The van der Waals surface area contributed by atoms with Gasteiger partial charge in [-0.15, -0.1) is 0 Å². The van der Waals surface area contributed by atoms with E-state index in [4.69, 9.17) is 20.8 Å². The summed E-state index contributed by atoms with van der Waals surface area (Å²) >= 11 is 6.28. The zero-order chi connectivity index (χ0) is 27.6. The first-order valence-corrected chi connectivity index (χ1v) is 14.1. The Kier molecular flexibility index (Phi) is 11.3. The lowest BCUT2D eigenvalue weighted by molar-refractivity contribution is -0.873. The van der Waals surface area contributed by atoms with Crippen LogP contribution in [0.2, 0.25) is 5.02 Å². The minimum Gasteiger partial charge on any atom is -1.00 e. The summed E-state index contributed by atoms with van der Waals surface area (Å²) in [7, 11) is 6.71. The molecule has 1 aliphatic heterocycles. The topological polar surface area (TPSA) is 29.5 Å². The standard InChI is InChI=1S/C33H38ClN3O2.2BrH/c1-6-24(20-32-35(7-2)29-23-27(34)15-17-31(29)38-32)21-33-36(18-11-19-37(3,4)5)28-22-26(14-16-30(28)39-33)25-12-9-8-10-13-25;;/h8-10,12-17,20-23H,6-7,11,18-19H2,1-5H3;2*1H/q+2;;/p-2. The van der Waals surface area contributed by atoms with Crippen molar-refractivity contribution in [1.29, 1.82) is 0 Å². The second-order valence-electron chi connectivity index (χ2n) is 11.0. The van der Waals surface area contributed by atoms with Gasteiger partial charge in [0.15, 0.2) is 12.3 Å². The number of oxazole rings is 1. The van der Waals surface area contributed by atoms with E-state index in [1.165, 1.54) is 11.1 Å². The molecule has 3 aromatic carbocycles. The van der Waals surface area contributed by atoms with Crippen LogP contribution >= 0.6 is 11.6 Å². The molecule has 0 saturated carbocycles. The molecule has 2 heterocycles. The highest BCUT2D eigenvalue weighted by Gasteiger charge is 2.27. The number of aryl methyl sites for hydroxylation is 1. The van der Waals surface area contributed by atoms with Gasteiger partial charge in [-0.05, 0) is 54.3 Å². The van der Waals surface area contributed by atoms with Crippen molar-refractivity contribution in [3.63, 3.8) is 0 Å². The molecular weight excluding hydrogens is 666 g/mol. The van der Waals surface area contributed by atoms with Gasteiger partial charge in [-0.2, -0.15) is 4.57 Å². The number of allylic oxidation sites excluding steroid dienone is 2. The summed E-state index contributed by atoms with van der Waals surface area (Å²) in [4.78, 5) is 2.16. The van der Waals surface area contributed by atoms with Crippen LogP contribution in [0.5, 0.6) is 5.75 Å². The van der Waals surface area contributed by atoms with E-state index < -0.39 is 0 Å². The maximum absolute atomic E-state index is 6.48. The predicted molar refractivity (Wildman–Crippen MR) is 161 cm³/mol. The predicted octanol–water partition coefficient (Wildman–Crippen LogP) is 1.70. The molecule has 8 heteroatoms. The molecule has 0 amide bonds. The number of benzene rings is 3. The highest BCUT2D eigenvalue weighted by Crippen LogP contribution is 2.41. The molecule has 1 aromatic heterocycles. The number of nitrogens with zero attached hydrogens (tertiary/aromatic N) is 3. The quantitative estimate of drug-likeness (QED) is 0.197. The number of anilines is 1. The molecule has 0 radical (unpaired) electrons. The summed E-state index contributed by atoms with van der Waals surface area (Å²) < 4.78 is 16.0. The minimum atomic E-state index is 0. The summed E-state index contributed by atoms with van der Waals surface area (Å²) in [5.74, 6) is 2.49. The van der Waals surface area contributed by atoms with Crippen LogP contribution in [0.15, 0.2) is 88.7 Å². The van der Waals surface area contributed by atoms with Crippen molar-refractivity contribution in [2.75, 3.05) is 39.1 Å². The molecule has 0 bridgehead atoms. The van der Waals surface area contributed by atoms with Crippen LogP contribution in [0.4, 0.5) is 5.69 Å². The van der Waals surface area contributed by atoms with E-state index in [0.717, 1.165) is 76.8 Å². The van der Waals surface area contributed by atoms with E-state index in [0.29, 0.717) is 5.02 Å². The van der Waals surface area contributed by atoms with Crippen LogP contribution in [0.3, 0.4) is 0 Å². The van der Waals surface area contributed by atoms with Crippen LogP contribution in [0.1, 0.15) is 32.6 Å². The maximum atomic E-state index is 6.48. The highest BCUT2D eigenvalue weighted by molar-refractivity contribution is 6.31. The molecule has 0 saturated heterocycles. The molecule has 1 aliphatic rings. The molecular formula is C33H38Br2ClN3O2. The lowest BCUT2D eigenvalue weighted by Crippen LogP contribution is -3.00. The lowest BCUT2D eigenvalue weighted by atomic mass is 10.1. The second-order valence-corrected chi connectivity index (χ2v) is 11.5. The zero-order valence-electron chi connectivity index (χ0n) is 24.3. The van der Waals surface area contributed by atoms with Crippen molar-refractivity contribution in [3.8, 4) is 16.9 Å². The third-order valence-electron chi connectivity index (χ3n) is 7.08. The Morgan fingerprint density at radius 3 is 2.39 bits per heavy atom. The van der Waals surface area contributed by atoms with E-state index in [9.17, 15) is 0 Å². The summed E-state index contributed by atoms with van der Waals surface area (Å²) in [6.45, 7) is 7.02. The van der Waals surface area contributed by atoms with Crippen molar-refractivity contribution < 1.29 is 52.2 Å². The highest BCUT2D eigenvalue weighted by atomic mass is 79.9. The largest absolute Gasteiger partial charge is 1.00 e. The Labute approximate surface area is 269 Å². The van der Waals surface area contributed by atoms with Gasteiger partial charge >= 0.3 is 5.89 Å². The van der Waals surface area contributed by atoms with Crippen molar-refractivity contribution in [2.45, 2.75) is 33.2 Å². The van der Waals surface area contributed by atoms with Gasteiger partial charge in [0.1, 0.15) is 0 Å². The number of hydrogen-bond donors (Lipinski definition) is 0. The van der Waals surface area contributed by atoms with Gasteiger partial charge in [0.05, 0.1) is 45.9 Å². The molecule has 218 valence electrons. The monoisotopic (exact) mass is 701 g/mol. The first-order chi connectivity index (χ1) is 18.8.